The van der Waals surface area contributed by atoms with Gasteiger partial charge in [-0.25, -0.2) is 0 Å². The molecule has 4 rings (SSSR count). The normalized spacial score (nSPS) is 44.6. The summed E-state index contributed by atoms with van der Waals surface area (Å²) in [6.07, 6.45) is 14.1. The molecule has 4 saturated carbocycles. The standard InChI is InChI=1S/C15H23NO/c1-2-3-14(16)10-17-15-7-11-4-12(8-15)6-13(5-11)9-15/h1,11-14H,3-10,16H2. The molecule has 1 atom stereocenters. The minimum absolute atomic E-state index is 0.0213. The number of rotatable bonds is 4. The molecule has 0 radical (unpaired) electrons. The van der Waals surface area contributed by atoms with E-state index in [1.165, 1.54) is 38.5 Å². The summed E-state index contributed by atoms with van der Waals surface area (Å²) in [5, 5.41) is 0. The highest BCUT2D eigenvalue weighted by molar-refractivity contribution is 5.03. The molecule has 0 aromatic rings. The third kappa shape index (κ3) is 2.23. The van der Waals surface area contributed by atoms with Crippen LogP contribution in [-0.4, -0.2) is 18.2 Å². The van der Waals surface area contributed by atoms with Gasteiger partial charge < -0.3 is 10.5 Å². The van der Waals surface area contributed by atoms with Crippen LogP contribution >= 0.6 is 0 Å². The summed E-state index contributed by atoms with van der Waals surface area (Å²) in [4.78, 5) is 0. The maximum atomic E-state index is 6.24. The second-order valence-corrected chi connectivity index (χ2v) is 6.58. The van der Waals surface area contributed by atoms with Crippen LogP contribution in [0, 0.1) is 30.1 Å². The van der Waals surface area contributed by atoms with E-state index in [4.69, 9.17) is 16.9 Å². The lowest BCUT2D eigenvalue weighted by atomic mass is 9.54. The first-order valence-electron chi connectivity index (χ1n) is 7.02. The van der Waals surface area contributed by atoms with Crippen molar-refractivity contribution in [3.63, 3.8) is 0 Å². The highest BCUT2D eigenvalue weighted by Crippen LogP contribution is 2.57. The zero-order valence-corrected chi connectivity index (χ0v) is 10.5. The topological polar surface area (TPSA) is 35.2 Å². The maximum absolute atomic E-state index is 6.24. The summed E-state index contributed by atoms with van der Waals surface area (Å²) < 4.78 is 6.24. The zero-order chi connectivity index (χ0) is 11.9. The zero-order valence-electron chi connectivity index (χ0n) is 10.5. The van der Waals surface area contributed by atoms with Crippen LogP contribution in [0.3, 0.4) is 0 Å². The van der Waals surface area contributed by atoms with E-state index in [-0.39, 0.29) is 11.6 Å². The van der Waals surface area contributed by atoms with E-state index >= 15 is 0 Å². The van der Waals surface area contributed by atoms with Crippen LogP contribution in [0.5, 0.6) is 0 Å². The Morgan fingerprint density at radius 1 is 1.18 bits per heavy atom. The molecule has 94 valence electrons. The molecule has 4 bridgehead atoms. The van der Waals surface area contributed by atoms with Crippen molar-refractivity contribution >= 4 is 0 Å². The average molecular weight is 233 g/mol. The summed E-state index contributed by atoms with van der Waals surface area (Å²) in [6, 6.07) is 0.0213. The molecule has 1 unspecified atom stereocenters. The van der Waals surface area contributed by atoms with Gasteiger partial charge in [0.2, 0.25) is 0 Å². The summed E-state index contributed by atoms with van der Waals surface area (Å²) >= 11 is 0. The van der Waals surface area contributed by atoms with E-state index in [1.807, 2.05) is 0 Å². The number of hydrogen-bond acceptors (Lipinski definition) is 2. The number of terminal acetylenes is 1. The van der Waals surface area contributed by atoms with E-state index in [0.29, 0.717) is 13.0 Å². The minimum Gasteiger partial charge on any atom is -0.373 e. The van der Waals surface area contributed by atoms with Gasteiger partial charge in [-0.05, 0) is 56.3 Å². The minimum atomic E-state index is 0.0213. The summed E-state index contributed by atoms with van der Waals surface area (Å²) in [6.45, 7) is 0.649. The Kier molecular flexibility index (Phi) is 2.92. The summed E-state index contributed by atoms with van der Waals surface area (Å²) in [7, 11) is 0. The van der Waals surface area contributed by atoms with Crippen molar-refractivity contribution in [1.82, 2.24) is 0 Å². The van der Waals surface area contributed by atoms with E-state index in [2.05, 4.69) is 5.92 Å². The van der Waals surface area contributed by atoms with E-state index < -0.39 is 0 Å². The van der Waals surface area contributed by atoms with Crippen LogP contribution < -0.4 is 5.73 Å². The largest absolute Gasteiger partial charge is 0.373 e. The Balaban J connectivity index is 1.61. The lowest BCUT2D eigenvalue weighted by molar-refractivity contribution is -0.164. The van der Waals surface area contributed by atoms with Gasteiger partial charge in [0, 0.05) is 12.5 Å². The molecule has 0 aromatic carbocycles. The molecule has 0 amide bonds. The fourth-order valence-corrected chi connectivity index (χ4v) is 4.70. The molecule has 17 heavy (non-hydrogen) atoms. The van der Waals surface area contributed by atoms with Crippen molar-refractivity contribution in [2.45, 2.75) is 56.6 Å². The first-order chi connectivity index (χ1) is 8.19. The third-order valence-corrected chi connectivity index (χ3v) is 4.97. The Morgan fingerprint density at radius 3 is 2.18 bits per heavy atom. The molecule has 0 saturated heterocycles. The van der Waals surface area contributed by atoms with E-state index in [0.717, 1.165) is 17.8 Å². The Bertz CT molecular complexity index is 295. The van der Waals surface area contributed by atoms with E-state index in [1.54, 1.807) is 0 Å². The molecule has 0 spiro atoms. The van der Waals surface area contributed by atoms with E-state index in [9.17, 15) is 0 Å². The predicted octanol–water partition coefficient (Wildman–Crippen LogP) is 2.32. The molecule has 0 aliphatic heterocycles. The van der Waals surface area contributed by atoms with Gasteiger partial charge in [-0.1, -0.05) is 0 Å². The van der Waals surface area contributed by atoms with Crippen LogP contribution in [0.1, 0.15) is 44.9 Å². The molecule has 0 heterocycles. The highest BCUT2D eigenvalue weighted by atomic mass is 16.5. The first-order valence-corrected chi connectivity index (χ1v) is 7.02. The van der Waals surface area contributed by atoms with Gasteiger partial charge in [0.25, 0.3) is 0 Å². The van der Waals surface area contributed by atoms with Crippen LogP contribution in [0.15, 0.2) is 0 Å². The van der Waals surface area contributed by atoms with Crippen molar-refractivity contribution in [3.05, 3.63) is 0 Å². The van der Waals surface area contributed by atoms with Crippen LogP contribution in [0.25, 0.3) is 0 Å². The lowest BCUT2D eigenvalue weighted by Gasteiger charge is -2.56. The smallest absolute Gasteiger partial charge is 0.0691 e. The van der Waals surface area contributed by atoms with Gasteiger partial charge in [-0.2, -0.15) is 0 Å². The number of ether oxygens (including phenoxy) is 1. The fraction of sp³-hybridized carbons (Fsp3) is 0.867. The second-order valence-electron chi connectivity index (χ2n) is 6.58. The van der Waals surface area contributed by atoms with Crippen LogP contribution in [-0.2, 0) is 4.74 Å². The molecule has 4 aliphatic rings. The van der Waals surface area contributed by atoms with Gasteiger partial charge >= 0.3 is 0 Å². The van der Waals surface area contributed by atoms with Crippen molar-refractivity contribution in [2.75, 3.05) is 6.61 Å². The van der Waals surface area contributed by atoms with Crippen molar-refractivity contribution in [2.24, 2.45) is 23.5 Å². The quantitative estimate of drug-likeness (QED) is 0.756. The molecule has 4 fully saturated rings. The SMILES string of the molecule is C#CCC(N)COC12CC3CC(CC(C3)C1)C2. The number of hydrogen-bond donors (Lipinski definition) is 1. The van der Waals surface area contributed by atoms with Crippen LogP contribution in [0.4, 0.5) is 0 Å². The van der Waals surface area contributed by atoms with Gasteiger partial charge in [0.1, 0.15) is 0 Å². The molecular weight excluding hydrogens is 210 g/mol. The van der Waals surface area contributed by atoms with Gasteiger partial charge in [-0.3, -0.25) is 0 Å². The first kappa shape index (κ1) is 11.6. The van der Waals surface area contributed by atoms with Crippen molar-refractivity contribution in [1.29, 1.82) is 0 Å². The lowest BCUT2D eigenvalue weighted by Crippen LogP contribution is -2.53. The third-order valence-electron chi connectivity index (χ3n) is 4.97. The molecule has 0 aromatic heterocycles. The molecule has 2 nitrogen and oxygen atoms in total. The molecule has 2 N–H and O–H groups in total. The van der Waals surface area contributed by atoms with Gasteiger partial charge in [-0.15, -0.1) is 12.3 Å². The summed E-state index contributed by atoms with van der Waals surface area (Å²) in [5.74, 6) is 5.43. The number of nitrogens with two attached hydrogens (primary N) is 1. The molecule has 4 aliphatic carbocycles. The Hall–Kier alpha value is -0.520. The van der Waals surface area contributed by atoms with Gasteiger partial charge in [0.05, 0.1) is 12.2 Å². The van der Waals surface area contributed by atoms with Crippen LogP contribution in [0.2, 0.25) is 0 Å². The van der Waals surface area contributed by atoms with Crippen molar-refractivity contribution in [3.8, 4) is 12.3 Å². The Morgan fingerprint density at radius 2 is 1.71 bits per heavy atom. The second kappa shape index (κ2) is 4.30. The predicted molar refractivity (Wildman–Crippen MR) is 68.3 cm³/mol. The monoisotopic (exact) mass is 233 g/mol. The molecular formula is C15H23NO. The van der Waals surface area contributed by atoms with Crippen molar-refractivity contribution < 1.29 is 4.74 Å². The maximum Gasteiger partial charge on any atom is 0.0691 e. The summed E-state index contributed by atoms with van der Waals surface area (Å²) in [5.41, 5.74) is 6.13. The fourth-order valence-electron chi connectivity index (χ4n) is 4.70. The molecule has 2 heteroatoms. The average Bonchev–Trinajstić information content (AvgIpc) is 2.25. The van der Waals surface area contributed by atoms with Gasteiger partial charge in [0.15, 0.2) is 0 Å². The Labute approximate surface area is 104 Å². The highest BCUT2D eigenvalue weighted by Gasteiger charge is 2.51.